The van der Waals surface area contributed by atoms with E-state index in [1.54, 1.807) is 25.1 Å². The standard InChI is InChI=1S/C19H24N2O3/c1-15(22)14-20-19(23)16-7-6-10-18(13-16)24-12-11-21(2)17-8-4-3-5-9-17/h3-10,13,15,22H,11-12,14H2,1-2H3,(H,20,23). The molecule has 0 saturated heterocycles. The Hall–Kier alpha value is -2.53. The zero-order valence-corrected chi connectivity index (χ0v) is 14.1. The fourth-order valence-corrected chi connectivity index (χ4v) is 2.18. The van der Waals surface area contributed by atoms with Crippen LogP contribution in [0.15, 0.2) is 54.6 Å². The monoisotopic (exact) mass is 328 g/mol. The molecule has 0 saturated carbocycles. The summed E-state index contributed by atoms with van der Waals surface area (Å²) in [6.07, 6.45) is -0.568. The number of carbonyl (C=O) groups is 1. The predicted molar refractivity (Wildman–Crippen MR) is 95.7 cm³/mol. The normalized spacial score (nSPS) is 11.6. The van der Waals surface area contributed by atoms with Crippen LogP contribution in [0.4, 0.5) is 5.69 Å². The highest BCUT2D eigenvalue weighted by molar-refractivity contribution is 5.94. The van der Waals surface area contributed by atoms with E-state index in [0.717, 1.165) is 12.2 Å². The highest BCUT2D eigenvalue weighted by Gasteiger charge is 2.08. The number of rotatable bonds is 8. The van der Waals surface area contributed by atoms with Crippen LogP contribution in [-0.4, -0.2) is 43.9 Å². The van der Waals surface area contributed by atoms with Crippen LogP contribution in [0.1, 0.15) is 17.3 Å². The van der Waals surface area contributed by atoms with Crippen LogP contribution < -0.4 is 15.0 Å². The number of anilines is 1. The molecule has 1 unspecified atom stereocenters. The van der Waals surface area contributed by atoms with Gasteiger partial charge in [-0.15, -0.1) is 0 Å². The van der Waals surface area contributed by atoms with Crippen molar-refractivity contribution in [2.75, 3.05) is 31.6 Å². The molecule has 5 nitrogen and oxygen atoms in total. The summed E-state index contributed by atoms with van der Waals surface area (Å²) in [6.45, 7) is 3.11. The number of hydrogen-bond acceptors (Lipinski definition) is 4. The Labute approximate surface area is 142 Å². The van der Waals surface area contributed by atoms with Gasteiger partial charge in [0.05, 0.1) is 12.6 Å². The summed E-state index contributed by atoms with van der Waals surface area (Å²) in [5, 5.41) is 11.9. The van der Waals surface area contributed by atoms with Crippen molar-refractivity contribution in [1.29, 1.82) is 0 Å². The number of likely N-dealkylation sites (N-methyl/N-ethyl adjacent to an activating group) is 1. The van der Waals surface area contributed by atoms with E-state index in [-0.39, 0.29) is 12.5 Å². The molecule has 0 radical (unpaired) electrons. The molecule has 24 heavy (non-hydrogen) atoms. The van der Waals surface area contributed by atoms with Crippen LogP contribution in [-0.2, 0) is 0 Å². The molecule has 0 aliphatic rings. The lowest BCUT2D eigenvalue weighted by Crippen LogP contribution is -2.30. The van der Waals surface area contributed by atoms with Gasteiger partial charge in [0.2, 0.25) is 0 Å². The first-order chi connectivity index (χ1) is 11.6. The minimum absolute atomic E-state index is 0.220. The molecule has 1 atom stereocenters. The zero-order valence-electron chi connectivity index (χ0n) is 14.1. The van der Waals surface area contributed by atoms with Crippen molar-refractivity contribution in [1.82, 2.24) is 5.32 Å². The maximum absolute atomic E-state index is 12.0. The molecule has 0 fully saturated rings. The first-order valence-corrected chi connectivity index (χ1v) is 8.01. The third-order valence-corrected chi connectivity index (χ3v) is 3.55. The second-order valence-electron chi connectivity index (χ2n) is 5.69. The van der Waals surface area contributed by atoms with Gasteiger partial charge in [0, 0.05) is 24.8 Å². The lowest BCUT2D eigenvalue weighted by Gasteiger charge is -2.19. The van der Waals surface area contributed by atoms with E-state index in [1.807, 2.05) is 43.4 Å². The first-order valence-electron chi connectivity index (χ1n) is 8.01. The van der Waals surface area contributed by atoms with Crippen LogP contribution in [0.25, 0.3) is 0 Å². The van der Waals surface area contributed by atoms with Crippen molar-refractivity contribution in [3.63, 3.8) is 0 Å². The van der Waals surface area contributed by atoms with Crippen LogP contribution >= 0.6 is 0 Å². The molecule has 2 rings (SSSR count). The van der Waals surface area contributed by atoms with Gasteiger partial charge in [0.15, 0.2) is 0 Å². The Morgan fingerprint density at radius 1 is 1.21 bits per heavy atom. The van der Waals surface area contributed by atoms with Crippen molar-refractivity contribution >= 4 is 11.6 Å². The molecule has 0 aliphatic heterocycles. The Morgan fingerprint density at radius 3 is 2.67 bits per heavy atom. The number of hydrogen-bond donors (Lipinski definition) is 2. The summed E-state index contributed by atoms with van der Waals surface area (Å²) >= 11 is 0. The molecule has 0 spiro atoms. The number of aliphatic hydroxyl groups excluding tert-OH is 1. The first kappa shape index (κ1) is 17.8. The van der Waals surface area contributed by atoms with Gasteiger partial charge in [-0.05, 0) is 37.3 Å². The summed E-state index contributed by atoms with van der Waals surface area (Å²) in [5.41, 5.74) is 1.65. The Bertz CT molecular complexity index is 644. The molecule has 0 aromatic heterocycles. The Morgan fingerprint density at radius 2 is 1.96 bits per heavy atom. The highest BCUT2D eigenvalue weighted by atomic mass is 16.5. The number of carbonyl (C=O) groups excluding carboxylic acids is 1. The lowest BCUT2D eigenvalue weighted by atomic mass is 10.2. The number of nitrogens with one attached hydrogen (secondary N) is 1. The quantitative estimate of drug-likeness (QED) is 0.781. The second kappa shape index (κ2) is 8.93. The Kier molecular flexibility index (Phi) is 6.63. The van der Waals surface area contributed by atoms with Gasteiger partial charge < -0.3 is 20.1 Å². The minimum atomic E-state index is -0.568. The molecule has 0 aliphatic carbocycles. The fraction of sp³-hybridized carbons (Fsp3) is 0.316. The molecular weight excluding hydrogens is 304 g/mol. The van der Waals surface area contributed by atoms with E-state index in [4.69, 9.17) is 4.74 Å². The lowest BCUT2D eigenvalue weighted by molar-refractivity contribution is 0.0923. The number of amides is 1. The van der Waals surface area contributed by atoms with Crippen molar-refractivity contribution in [2.45, 2.75) is 13.0 Å². The summed E-state index contributed by atoms with van der Waals surface area (Å²) in [7, 11) is 2.01. The number of nitrogens with zero attached hydrogens (tertiary/aromatic N) is 1. The molecule has 2 aromatic rings. The van der Waals surface area contributed by atoms with E-state index < -0.39 is 6.10 Å². The summed E-state index contributed by atoms with van der Waals surface area (Å²) in [5.74, 6) is 0.434. The minimum Gasteiger partial charge on any atom is -0.492 e. The summed E-state index contributed by atoms with van der Waals surface area (Å²) < 4.78 is 5.74. The number of ether oxygens (including phenoxy) is 1. The Balaban J connectivity index is 1.85. The molecule has 2 N–H and O–H groups in total. The van der Waals surface area contributed by atoms with Crippen LogP contribution in [0, 0.1) is 0 Å². The van der Waals surface area contributed by atoms with Crippen molar-refractivity contribution in [3.05, 3.63) is 60.2 Å². The molecule has 5 heteroatoms. The van der Waals surface area contributed by atoms with Gasteiger partial charge in [0.25, 0.3) is 5.91 Å². The van der Waals surface area contributed by atoms with Gasteiger partial charge in [-0.2, -0.15) is 0 Å². The largest absolute Gasteiger partial charge is 0.492 e. The van der Waals surface area contributed by atoms with E-state index in [1.165, 1.54) is 0 Å². The molecule has 2 aromatic carbocycles. The van der Waals surface area contributed by atoms with E-state index in [2.05, 4.69) is 10.2 Å². The molecule has 0 bridgehead atoms. The van der Waals surface area contributed by atoms with Crippen molar-refractivity contribution in [3.8, 4) is 5.75 Å². The van der Waals surface area contributed by atoms with Crippen LogP contribution in [0.3, 0.4) is 0 Å². The predicted octanol–water partition coefficient (Wildman–Crippen LogP) is 2.31. The van der Waals surface area contributed by atoms with Crippen molar-refractivity contribution in [2.24, 2.45) is 0 Å². The van der Waals surface area contributed by atoms with Gasteiger partial charge in [0.1, 0.15) is 12.4 Å². The smallest absolute Gasteiger partial charge is 0.251 e. The molecular formula is C19H24N2O3. The van der Waals surface area contributed by atoms with Gasteiger partial charge in [-0.3, -0.25) is 4.79 Å². The van der Waals surface area contributed by atoms with Gasteiger partial charge >= 0.3 is 0 Å². The van der Waals surface area contributed by atoms with E-state index >= 15 is 0 Å². The van der Waals surface area contributed by atoms with Gasteiger partial charge in [-0.1, -0.05) is 24.3 Å². The third-order valence-electron chi connectivity index (χ3n) is 3.55. The maximum atomic E-state index is 12.0. The maximum Gasteiger partial charge on any atom is 0.251 e. The van der Waals surface area contributed by atoms with Crippen LogP contribution in [0.2, 0.25) is 0 Å². The van der Waals surface area contributed by atoms with E-state index in [9.17, 15) is 9.90 Å². The fourth-order valence-electron chi connectivity index (χ4n) is 2.18. The highest BCUT2D eigenvalue weighted by Crippen LogP contribution is 2.14. The van der Waals surface area contributed by atoms with Crippen LogP contribution in [0.5, 0.6) is 5.75 Å². The summed E-state index contributed by atoms with van der Waals surface area (Å²) in [4.78, 5) is 14.1. The molecule has 1 amide bonds. The molecule has 0 heterocycles. The average molecular weight is 328 g/mol. The van der Waals surface area contributed by atoms with Crippen molar-refractivity contribution < 1.29 is 14.6 Å². The second-order valence-corrected chi connectivity index (χ2v) is 5.69. The molecule has 128 valence electrons. The number of para-hydroxylation sites is 1. The number of benzene rings is 2. The third kappa shape index (κ3) is 5.59. The zero-order chi connectivity index (χ0) is 17.4. The SMILES string of the molecule is CC(O)CNC(=O)c1cccc(OCCN(C)c2ccccc2)c1. The number of aliphatic hydroxyl groups is 1. The van der Waals surface area contributed by atoms with Gasteiger partial charge in [-0.25, -0.2) is 0 Å². The average Bonchev–Trinajstić information content (AvgIpc) is 2.60. The topological polar surface area (TPSA) is 61.8 Å². The summed E-state index contributed by atoms with van der Waals surface area (Å²) in [6, 6.07) is 17.1. The van der Waals surface area contributed by atoms with E-state index in [0.29, 0.717) is 17.9 Å².